The van der Waals surface area contributed by atoms with Crippen molar-refractivity contribution in [3.05, 3.63) is 43.0 Å². The molecule has 1 aromatic heterocycles. The zero-order chi connectivity index (χ0) is 18.4. The van der Waals surface area contributed by atoms with Gasteiger partial charge < -0.3 is 24.8 Å². The van der Waals surface area contributed by atoms with Gasteiger partial charge in [-0.15, -0.1) is 0 Å². The molecule has 0 bridgehead atoms. The average Bonchev–Trinajstić information content (AvgIpc) is 3.18. The van der Waals surface area contributed by atoms with Gasteiger partial charge in [-0.2, -0.15) is 0 Å². The summed E-state index contributed by atoms with van der Waals surface area (Å²) in [6.07, 6.45) is 6.44. The lowest BCUT2D eigenvalue weighted by atomic mass is 10.1. The highest BCUT2D eigenvalue weighted by Crippen LogP contribution is 2.14. The third kappa shape index (κ3) is 4.53. The van der Waals surface area contributed by atoms with Gasteiger partial charge in [-0.1, -0.05) is 0 Å². The van der Waals surface area contributed by atoms with E-state index in [1.807, 2.05) is 35.0 Å². The molecule has 2 N–H and O–H groups in total. The molecule has 3 amide bonds. The number of ether oxygens (including phenoxy) is 1. The van der Waals surface area contributed by atoms with Crippen LogP contribution in [0.1, 0.15) is 19.8 Å². The molecule has 0 aliphatic carbocycles. The summed E-state index contributed by atoms with van der Waals surface area (Å²) in [5.41, 5.74) is 1.69. The second kappa shape index (κ2) is 8.37. The molecule has 0 spiro atoms. The van der Waals surface area contributed by atoms with E-state index in [9.17, 15) is 9.59 Å². The van der Waals surface area contributed by atoms with Crippen molar-refractivity contribution >= 4 is 17.8 Å². The number of amides is 3. The van der Waals surface area contributed by atoms with Crippen LogP contribution in [-0.2, 0) is 4.74 Å². The molecule has 0 atom stereocenters. The molecule has 1 aromatic carbocycles. The summed E-state index contributed by atoms with van der Waals surface area (Å²) in [4.78, 5) is 29.5. The van der Waals surface area contributed by atoms with Crippen LogP contribution in [-0.4, -0.2) is 52.3 Å². The first kappa shape index (κ1) is 17.8. The van der Waals surface area contributed by atoms with Gasteiger partial charge in [-0.25, -0.2) is 14.6 Å². The zero-order valence-corrected chi connectivity index (χ0v) is 14.7. The summed E-state index contributed by atoms with van der Waals surface area (Å²) >= 11 is 0. The topological polar surface area (TPSA) is 88.5 Å². The van der Waals surface area contributed by atoms with Gasteiger partial charge in [-0.05, 0) is 44.0 Å². The normalized spacial score (nSPS) is 14.7. The molecule has 8 nitrogen and oxygen atoms in total. The van der Waals surface area contributed by atoms with Crippen molar-refractivity contribution in [2.75, 3.05) is 25.0 Å². The van der Waals surface area contributed by atoms with E-state index in [0.29, 0.717) is 32.5 Å². The fourth-order valence-corrected chi connectivity index (χ4v) is 2.90. The first-order valence-corrected chi connectivity index (χ1v) is 8.73. The number of benzene rings is 1. The molecule has 3 rings (SSSR count). The summed E-state index contributed by atoms with van der Waals surface area (Å²) in [5, 5.41) is 5.79. The molecular weight excluding hydrogens is 334 g/mol. The van der Waals surface area contributed by atoms with Crippen molar-refractivity contribution in [1.29, 1.82) is 0 Å². The van der Waals surface area contributed by atoms with Crippen molar-refractivity contribution < 1.29 is 14.3 Å². The second-order valence-corrected chi connectivity index (χ2v) is 6.08. The Kier molecular flexibility index (Phi) is 5.73. The molecule has 26 heavy (non-hydrogen) atoms. The minimum atomic E-state index is -0.284. The van der Waals surface area contributed by atoms with Crippen LogP contribution in [0.2, 0.25) is 0 Å². The summed E-state index contributed by atoms with van der Waals surface area (Å²) < 4.78 is 6.88. The number of likely N-dealkylation sites (tertiary alicyclic amines) is 1. The van der Waals surface area contributed by atoms with Gasteiger partial charge in [0.05, 0.1) is 12.9 Å². The van der Waals surface area contributed by atoms with E-state index in [1.165, 1.54) is 0 Å². The van der Waals surface area contributed by atoms with Gasteiger partial charge in [0, 0.05) is 42.9 Å². The number of piperidine rings is 1. The molecule has 0 saturated carbocycles. The highest BCUT2D eigenvalue weighted by Gasteiger charge is 2.24. The fraction of sp³-hybridized carbons (Fsp3) is 0.389. The van der Waals surface area contributed by atoms with Crippen LogP contribution in [0.4, 0.5) is 15.3 Å². The molecule has 8 heteroatoms. The average molecular weight is 357 g/mol. The van der Waals surface area contributed by atoms with Gasteiger partial charge >= 0.3 is 12.1 Å². The highest BCUT2D eigenvalue weighted by molar-refractivity contribution is 5.89. The maximum Gasteiger partial charge on any atom is 0.409 e. The van der Waals surface area contributed by atoms with Crippen LogP contribution >= 0.6 is 0 Å². The Morgan fingerprint density at radius 3 is 2.58 bits per heavy atom. The summed E-state index contributed by atoms with van der Waals surface area (Å²) in [6.45, 7) is 3.34. The number of carbonyl (C=O) groups excluding carboxylic acids is 2. The predicted octanol–water partition coefficient (Wildman–Crippen LogP) is 2.61. The Balaban J connectivity index is 1.45. The molecule has 2 heterocycles. The van der Waals surface area contributed by atoms with Crippen LogP contribution in [0.15, 0.2) is 43.0 Å². The van der Waals surface area contributed by atoms with E-state index in [4.69, 9.17) is 4.74 Å². The summed E-state index contributed by atoms with van der Waals surface area (Å²) in [7, 11) is 0. The van der Waals surface area contributed by atoms with E-state index in [0.717, 1.165) is 11.4 Å². The lowest BCUT2D eigenvalue weighted by Crippen LogP contribution is -2.47. The summed E-state index contributed by atoms with van der Waals surface area (Å²) in [5.74, 6) is 0. The number of anilines is 1. The van der Waals surface area contributed by atoms with Crippen molar-refractivity contribution in [3.8, 4) is 5.69 Å². The molecule has 0 radical (unpaired) electrons. The van der Waals surface area contributed by atoms with E-state index in [1.54, 1.807) is 24.3 Å². The van der Waals surface area contributed by atoms with Crippen molar-refractivity contribution in [2.24, 2.45) is 0 Å². The minimum Gasteiger partial charge on any atom is -0.450 e. The molecule has 2 aromatic rings. The quantitative estimate of drug-likeness (QED) is 0.880. The molecular formula is C18H23N5O3. The molecule has 138 valence electrons. The van der Waals surface area contributed by atoms with Crippen LogP contribution in [0.5, 0.6) is 0 Å². The maximum absolute atomic E-state index is 12.2. The lowest BCUT2D eigenvalue weighted by molar-refractivity contribution is 0.0959. The lowest BCUT2D eigenvalue weighted by Gasteiger charge is -2.31. The van der Waals surface area contributed by atoms with Crippen LogP contribution < -0.4 is 10.6 Å². The number of hydrogen-bond donors (Lipinski definition) is 2. The maximum atomic E-state index is 12.2. The number of carbonyl (C=O) groups is 2. The van der Waals surface area contributed by atoms with Gasteiger partial charge in [0.2, 0.25) is 0 Å². The van der Waals surface area contributed by atoms with Gasteiger partial charge in [0.1, 0.15) is 0 Å². The number of hydrogen-bond acceptors (Lipinski definition) is 4. The fourth-order valence-electron chi connectivity index (χ4n) is 2.90. The standard InChI is InChI=1S/C18H23N5O3/c1-2-26-18(25)22-10-7-15(8-11-22)21-17(24)20-14-3-5-16(6-4-14)23-12-9-19-13-23/h3-6,9,12-13,15H,2,7-8,10-11H2,1H3,(H2,20,21,24). The number of imidazole rings is 1. The predicted molar refractivity (Wildman–Crippen MR) is 97.3 cm³/mol. The van der Waals surface area contributed by atoms with E-state index in [-0.39, 0.29) is 18.2 Å². The number of rotatable bonds is 4. The first-order valence-electron chi connectivity index (χ1n) is 8.73. The van der Waals surface area contributed by atoms with Crippen LogP contribution in [0, 0.1) is 0 Å². The monoisotopic (exact) mass is 357 g/mol. The Morgan fingerprint density at radius 1 is 1.23 bits per heavy atom. The largest absolute Gasteiger partial charge is 0.450 e. The number of urea groups is 1. The third-order valence-corrected chi connectivity index (χ3v) is 4.28. The van der Waals surface area contributed by atoms with Crippen molar-refractivity contribution in [2.45, 2.75) is 25.8 Å². The Labute approximate surface area is 152 Å². The third-order valence-electron chi connectivity index (χ3n) is 4.28. The molecule has 1 fully saturated rings. The Bertz CT molecular complexity index is 722. The van der Waals surface area contributed by atoms with E-state index < -0.39 is 0 Å². The molecule has 1 aliphatic heterocycles. The smallest absolute Gasteiger partial charge is 0.409 e. The number of nitrogens with zero attached hydrogens (tertiary/aromatic N) is 3. The Hall–Kier alpha value is -3.03. The summed E-state index contributed by atoms with van der Waals surface area (Å²) in [6, 6.07) is 7.32. The Morgan fingerprint density at radius 2 is 1.96 bits per heavy atom. The highest BCUT2D eigenvalue weighted by atomic mass is 16.6. The molecule has 1 saturated heterocycles. The van der Waals surface area contributed by atoms with Crippen LogP contribution in [0.25, 0.3) is 5.69 Å². The van der Waals surface area contributed by atoms with Crippen molar-refractivity contribution in [3.63, 3.8) is 0 Å². The SMILES string of the molecule is CCOC(=O)N1CCC(NC(=O)Nc2ccc(-n3ccnc3)cc2)CC1. The zero-order valence-electron chi connectivity index (χ0n) is 14.7. The first-order chi connectivity index (χ1) is 12.7. The van der Waals surface area contributed by atoms with Crippen molar-refractivity contribution in [1.82, 2.24) is 19.8 Å². The number of aromatic nitrogens is 2. The van der Waals surface area contributed by atoms with Gasteiger partial charge in [-0.3, -0.25) is 0 Å². The molecule has 0 unspecified atom stereocenters. The molecule has 1 aliphatic rings. The van der Waals surface area contributed by atoms with E-state index >= 15 is 0 Å². The number of nitrogens with one attached hydrogen (secondary N) is 2. The van der Waals surface area contributed by atoms with E-state index in [2.05, 4.69) is 15.6 Å². The second-order valence-electron chi connectivity index (χ2n) is 6.08. The van der Waals surface area contributed by atoms with Gasteiger partial charge in [0.25, 0.3) is 0 Å². The van der Waals surface area contributed by atoms with Crippen LogP contribution in [0.3, 0.4) is 0 Å². The van der Waals surface area contributed by atoms with Gasteiger partial charge in [0.15, 0.2) is 0 Å². The minimum absolute atomic E-state index is 0.0471.